The van der Waals surface area contributed by atoms with E-state index in [0.29, 0.717) is 9.23 Å². The Balaban J connectivity index is 1.47. The van der Waals surface area contributed by atoms with Gasteiger partial charge in [-0.3, -0.25) is 9.80 Å². The summed E-state index contributed by atoms with van der Waals surface area (Å²) in [5, 5.41) is 9.74. The van der Waals surface area contributed by atoms with Crippen molar-refractivity contribution in [2.24, 2.45) is 5.10 Å². The molecule has 5 rings (SSSR count). The van der Waals surface area contributed by atoms with Gasteiger partial charge in [-0.05, 0) is 34.9 Å². The third-order valence-electron chi connectivity index (χ3n) is 5.30. The SMILES string of the molecule is O=C1NC(=S)S/C1=C/c1ccc(N2N=C(c3ccccc3)C[C@H]2c2ccccc2)cc1. The molecule has 152 valence electrons. The highest BCUT2D eigenvalue weighted by Gasteiger charge is 2.29. The van der Waals surface area contributed by atoms with Crippen LogP contribution in [0.3, 0.4) is 0 Å². The zero-order valence-corrected chi connectivity index (χ0v) is 18.2. The number of hydrazone groups is 1. The normalized spacial score (nSPS) is 19.6. The first-order valence-electron chi connectivity index (χ1n) is 9.99. The van der Waals surface area contributed by atoms with Crippen LogP contribution in [0.15, 0.2) is 94.9 Å². The van der Waals surface area contributed by atoms with Crippen LogP contribution in [0.2, 0.25) is 0 Å². The number of thiocarbonyl (C=S) groups is 1. The Hall–Kier alpha value is -3.22. The molecule has 4 nitrogen and oxygen atoms in total. The second-order valence-corrected chi connectivity index (χ2v) is 9.05. The number of amides is 1. The first kappa shape index (κ1) is 19.7. The number of nitrogens with zero attached hydrogens (tertiary/aromatic N) is 2. The first-order chi connectivity index (χ1) is 15.2. The predicted octanol–water partition coefficient (Wildman–Crippen LogP) is 5.53. The Labute approximate surface area is 190 Å². The Morgan fingerprint density at radius 1 is 0.968 bits per heavy atom. The van der Waals surface area contributed by atoms with Gasteiger partial charge in [0.15, 0.2) is 0 Å². The number of hydrogen-bond donors (Lipinski definition) is 1. The quantitative estimate of drug-likeness (QED) is 0.427. The molecule has 0 saturated carbocycles. The van der Waals surface area contributed by atoms with Crippen LogP contribution in [-0.4, -0.2) is 15.9 Å². The van der Waals surface area contributed by atoms with Gasteiger partial charge in [-0.1, -0.05) is 96.8 Å². The summed E-state index contributed by atoms with van der Waals surface area (Å²) in [6.45, 7) is 0. The lowest BCUT2D eigenvalue weighted by molar-refractivity contribution is -0.115. The molecule has 1 fully saturated rings. The van der Waals surface area contributed by atoms with E-state index in [1.165, 1.54) is 17.3 Å². The lowest BCUT2D eigenvalue weighted by Gasteiger charge is -2.24. The number of anilines is 1. The molecule has 2 aliphatic heterocycles. The molecule has 2 heterocycles. The highest BCUT2D eigenvalue weighted by Crippen LogP contribution is 2.37. The maximum absolute atomic E-state index is 11.9. The number of carbonyl (C=O) groups excluding carboxylic acids is 1. The number of carbonyl (C=O) groups is 1. The molecule has 0 spiro atoms. The van der Waals surface area contributed by atoms with Crippen molar-refractivity contribution in [3.05, 3.63) is 107 Å². The minimum atomic E-state index is -0.139. The van der Waals surface area contributed by atoms with Crippen molar-refractivity contribution in [3.63, 3.8) is 0 Å². The maximum atomic E-state index is 11.9. The molecule has 2 aliphatic rings. The van der Waals surface area contributed by atoms with Crippen molar-refractivity contribution < 1.29 is 4.79 Å². The molecule has 0 aliphatic carbocycles. The predicted molar refractivity (Wildman–Crippen MR) is 132 cm³/mol. The zero-order valence-electron chi connectivity index (χ0n) is 16.6. The van der Waals surface area contributed by atoms with E-state index in [4.69, 9.17) is 17.3 Å². The Kier molecular flexibility index (Phi) is 5.40. The molecule has 0 radical (unpaired) electrons. The summed E-state index contributed by atoms with van der Waals surface area (Å²) in [5.41, 5.74) is 5.42. The van der Waals surface area contributed by atoms with E-state index >= 15 is 0 Å². The third kappa shape index (κ3) is 4.17. The van der Waals surface area contributed by atoms with Gasteiger partial charge in [-0.25, -0.2) is 0 Å². The van der Waals surface area contributed by atoms with Crippen molar-refractivity contribution in [2.75, 3.05) is 5.01 Å². The van der Waals surface area contributed by atoms with Gasteiger partial charge < -0.3 is 5.32 Å². The van der Waals surface area contributed by atoms with Crippen LogP contribution in [-0.2, 0) is 4.79 Å². The monoisotopic (exact) mass is 441 g/mol. The summed E-state index contributed by atoms with van der Waals surface area (Å²) in [6.07, 6.45) is 2.70. The van der Waals surface area contributed by atoms with Crippen molar-refractivity contribution >= 4 is 51.7 Å². The highest BCUT2D eigenvalue weighted by molar-refractivity contribution is 8.26. The standard InChI is InChI=1S/C25H19N3OS2/c29-24-23(31-25(30)26-24)15-17-11-13-20(14-12-17)28-22(19-9-5-2-6-10-19)16-21(27-28)18-7-3-1-4-8-18/h1-15,22H,16H2,(H,26,29,30)/b23-15+/t22-/m0/s1. The van der Waals surface area contributed by atoms with Gasteiger partial charge in [0, 0.05) is 6.42 Å². The average Bonchev–Trinajstić information content (AvgIpc) is 3.39. The average molecular weight is 442 g/mol. The van der Waals surface area contributed by atoms with E-state index in [1.807, 2.05) is 42.5 Å². The van der Waals surface area contributed by atoms with E-state index in [-0.39, 0.29) is 11.9 Å². The topological polar surface area (TPSA) is 44.7 Å². The molecular formula is C25H19N3OS2. The van der Waals surface area contributed by atoms with Gasteiger partial charge in [-0.2, -0.15) is 5.10 Å². The molecule has 0 unspecified atom stereocenters. The van der Waals surface area contributed by atoms with Crippen LogP contribution in [0.1, 0.15) is 29.2 Å². The number of hydrogen-bond acceptors (Lipinski definition) is 5. The second-order valence-electron chi connectivity index (χ2n) is 7.33. The molecule has 6 heteroatoms. The smallest absolute Gasteiger partial charge is 0.263 e. The van der Waals surface area contributed by atoms with Crippen LogP contribution in [0.5, 0.6) is 0 Å². The second kappa shape index (κ2) is 8.49. The van der Waals surface area contributed by atoms with Gasteiger partial charge in [-0.15, -0.1) is 0 Å². The summed E-state index contributed by atoms with van der Waals surface area (Å²) in [7, 11) is 0. The van der Waals surface area contributed by atoms with Gasteiger partial charge >= 0.3 is 0 Å². The lowest BCUT2D eigenvalue weighted by Crippen LogP contribution is -2.18. The van der Waals surface area contributed by atoms with Crippen LogP contribution >= 0.6 is 24.0 Å². The molecule has 3 aromatic carbocycles. The fraction of sp³-hybridized carbons (Fsp3) is 0.0800. The Bertz CT molecular complexity index is 1190. The summed E-state index contributed by atoms with van der Waals surface area (Å²) < 4.78 is 0.499. The van der Waals surface area contributed by atoms with E-state index in [0.717, 1.165) is 28.9 Å². The van der Waals surface area contributed by atoms with Crippen LogP contribution in [0.25, 0.3) is 6.08 Å². The fourth-order valence-corrected chi connectivity index (χ4v) is 4.83. The van der Waals surface area contributed by atoms with Gasteiger partial charge in [0.05, 0.1) is 22.3 Å². The molecule has 1 N–H and O–H groups in total. The van der Waals surface area contributed by atoms with Gasteiger partial charge in [0.25, 0.3) is 5.91 Å². The van der Waals surface area contributed by atoms with Crippen LogP contribution in [0, 0.1) is 0 Å². The van der Waals surface area contributed by atoms with Crippen LogP contribution < -0.4 is 10.3 Å². The van der Waals surface area contributed by atoms with E-state index in [9.17, 15) is 4.79 Å². The minimum absolute atomic E-state index is 0.133. The number of nitrogens with one attached hydrogen (secondary N) is 1. The zero-order chi connectivity index (χ0) is 21.2. The van der Waals surface area contributed by atoms with Crippen LogP contribution in [0.4, 0.5) is 5.69 Å². The Morgan fingerprint density at radius 3 is 2.29 bits per heavy atom. The molecule has 1 amide bonds. The fourth-order valence-electron chi connectivity index (χ4n) is 3.78. The number of rotatable bonds is 4. The highest BCUT2D eigenvalue weighted by atomic mass is 32.2. The molecule has 1 atom stereocenters. The largest absolute Gasteiger partial charge is 0.307 e. The van der Waals surface area contributed by atoms with Crippen molar-refractivity contribution in [1.82, 2.24) is 5.32 Å². The summed E-state index contributed by atoms with van der Waals surface area (Å²) >= 11 is 6.36. The molecule has 1 saturated heterocycles. The molecule has 0 bridgehead atoms. The maximum Gasteiger partial charge on any atom is 0.263 e. The summed E-state index contributed by atoms with van der Waals surface area (Å²) in [5.74, 6) is -0.139. The van der Waals surface area contributed by atoms with Crippen molar-refractivity contribution in [3.8, 4) is 0 Å². The lowest BCUT2D eigenvalue weighted by atomic mass is 9.98. The van der Waals surface area contributed by atoms with E-state index in [2.05, 4.69) is 58.9 Å². The molecular weight excluding hydrogens is 422 g/mol. The van der Waals surface area contributed by atoms with Gasteiger partial charge in [0.2, 0.25) is 0 Å². The van der Waals surface area contributed by atoms with Crippen molar-refractivity contribution in [2.45, 2.75) is 12.5 Å². The van der Waals surface area contributed by atoms with Crippen molar-refractivity contribution in [1.29, 1.82) is 0 Å². The molecule has 3 aromatic rings. The molecule has 31 heavy (non-hydrogen) atoms. The number of thioether (sulfide) groups is 1. The van der Waals surface area contributed by atoms with E-state index < -0.39 is 0 Å². The molecule has 0 aromatic heterocycles. The minimum Gasteiger partial charge on any atom is -0.307 e. The van der Waals surface area contributed by atoms with Gasteiger partial charge in [0.1, 0.15) is 4.32 Å². The summed E-state index contributed by atoms with van der Waals surface area (Å²) in [6, 6.07) is 29.1. The third-order valence-corrected chi connectivity index (χ3v) is 6.46. The summed E-state index contributed by atoms with van der Waals surface area (Å²) in [4.78, 5) is 12.5. The number of benzene rings is 3. The first-order valence-corrected chi connectivity index (χ1v) is 11.2. The van der Waals surface area contributed by atoms with E-state index in [1.54, 1.807) is 0 Å². The Morgan fingerprint density at radius 2 is 1.65 bits per heavy atom.